The Bertz CT molecular complexity index is 2200. The highest BCUT2D eigenvalue weighted by Crippen LogP contribution is 2.37. The van der Waals surface area contributed by atoms with Crippen LogP contribution in [0.4, 0.5) is 11.5 Å². The average Bonchev–Trinajstić information content (AvgIpc) is 3.67. The monoisotopic (exact) mass is 609 g/mol. The number of nitrogens with one attached hydrogen (secondary N) is 1. The van der Waals surface area contributed by atoms with Gasteiger partial charge in [-0.1, -0.05) is 24.3 Å². The van der Waals surface area contributed by atoms with Crippen LogP contribution in [-0.4, -0.2) is 55.4 Å². The largest absolute Gasteiger partial charge is 0.435 e. The van der Waals surface area contributed by atoms with Gasteiger partial charge in [0, 0.05) is 42.6 Å². The van der Waals surface area contributed by atoms with Crippen LogP contribution >= 0.6 is 0 Å². The number of aromatic nitrogens is 4. The van der Waals surface area contributed by atoms with E-state index in [2.05, 4.69) is 51.4 Å². The fraction of sp³-hybridized carbons (Fsp3) is 0.222. The summed E-state index contributed by atoms with van der Waals surface area (Å²) in [5.41, 5.74) is 9.67. The minimum absolute atomic E-state index is 0.267. The average molecular weight is 610 g/mol. The van der Waals surface area contributed by atoms with Crippen molar-refractivity contribution in [2.75, 3.05) is 18.4 Å². The molecule has 0 aliphatic carbocycles. The van der Waals surface area contributed by atoms with Crippen molar-refractivity contribution in [2.24, 2.45) is 0 Å². The molecule has 10 heteroatoms. The first-order chi connectivity index (χ1) is 22.3. The van der Waals surface area contributed by atoms with Gasteiger partial charge in [0.2, 0.25) is 5.89 Å². The number of aliphatic hydroxyl groups is 1. The highest BCUT2D eigenvalue weighted by atomic mass is 16.3. The zero-order chi connectivity index (χ0) is 31.9. The number of nitriles is 1. The summed E-state index contributed by atoms with van der Waals surface area (Å²) in [5.74, 6) is 1.65. The summed E-state index contributed by atoms with van der Waals surface area (Å²) in [4.78, 5) is 32.4. The number of fused-ring (bicyclic) bond motifs is 2. The van der Waals surface area contributed by atoms with E-state index in [9.17, 15) is 15.2 Å². The number of pyridine rings is 1. The Morgan fingerprint density at radius 2 is 1.80 bits per heavy atom. The van der Waals surface area contributed by atoms with Crippen molar-refractivity contribution in [3.05, 3.63) is 94.4 Å². The van der Waals surface area contributed by atoms with Crippen molar-refractivity contribution in [1.29, 1.82) is 5.26 Å². The number of β-amino-alcohol motifs (C(OH)–C–C–N with tert-alkyl or cyclic N) is 1. The van der Waals surface area contributed by atoms with Gasteiger partial charge in [0.15, 0.2) is 11.4 Å². The highest BCUT2D eigenvalue weighted by molar-refractivity contribution is 5.91. The predicted octanol–water partition coefficient (Wildman–Crippen LogP) is 6.42. The molecule has 0 saturated carbocycles. The minimum atomic E-state index is -0.267. The van der Waals surface area contributed by atoms with Crippen molar-refractivity contribution in [3.63, 3.8) is 0 Å². The lowest BCUT2D eigenvalue weighted by atomic mass is 9.93. The summed E-state index contributed by atoms with van der Waals surface area (Å²) in [7, 11) is 0. The SMILES string of the molecule is Cc1nc(Nc2cccc(-c3cccc(-c4nc5cc(C=O)cc(C#N)c5o4)c3C)c2C)c2ncc(CN3CCC(O)C3)cc2n1. The van der Waals surface area contributed by atoms with Crippen LogP contribution in [0.5, 0.6) is 0 Å². The van der Waals surface area contributed by atoms with Gasteiger partial charge in [0.25, 0.3) is 0 Å². The second-order valence-corrected chi connectivity index (χ2v) is 11.8. The number of aldehydes is 1. The van der Waals surface area contributed by atoms with Crippen LogP contribution in [0.1, 0.15) is 44.9 Å². The molecular formula is C36H31N7O3. The molecule has 6 aromatic rings. The van der Waals surface area contributed by atoms with Gasteiger partial charge in [-0.3, -0.25) is 14.7 Å². The van der Waals surface area contributed by atoms with Gasteiger partial charge in [-0.05, 0) is 85.3 Å². The zero-order valence-electron chi connectivity index (χ0n) is 25.7. The normalized spacial score (nSPS) is 15.0. The molecule has 2 N–H and O–H groups in total. The van der Waals surface area contributed by atoms with Gasteiger partial charge in [-0.2, -0.15) is 5.26 Å². The van der Waals surface area contributed by atoms with E-state index in [0.29, 0.717) is 59.1 Å². The molecular weight excluding hydrogens is 578 g/mol. The van der Waals surface area contributed by atoms with Gasteiger partial charge < -0.3 is 14.8 Å². The number of aryl methyl sites for hydroxylation is 1. The van der Waals surface area contributed by atoms with Crippen LogP contribution in [0.15, 0.2) is 65.2 Å². The maximum absolute atomic E-state index is 11.4. The summed E-state index contributed by atoms with van der Waals surface area (Å²) in [6.07, 6.45) is 3.09. The second-order valence-electron chi connectivity index (χ2n) is 11.8. The summed E-state index contributed by atoms with van der Waals surface area (Å²) in [6.45, 7) is 8.21. The smallest absolute Gasteiger partial charge is 0.227 e. The molecule has 1 unspecified atom stereocenters. The van der Waals surface area contributed by atoms with Crippen molar-refractivity contribution < 1.29 is 14.3 Å². The number of nitrogens with zero attached hydrogens (tertiary/aromatic N) is 6. The topological polar surface area (TPSA) is 141 Å². The Balaban J connectivity index is 1.23. The maximum atomic E-state index is 11.4. The Morgan fingerprint density at radius 3 is 2.57 bits per heavy atom. The summed E-state index contributed by atoms with van der Waals surface area (Å²) in [5, 5.41) is 23.0. The molecule has 0 amide bonds. The Hall–Kier alpha value is -5.50. The van der Waals surface area contributed by atoms with E-state index in [0.717, 1.165) is 57.6 Å². The molecule has 0 bridgehead atoms. The number of hydrogen-bond acceptors (Lipinski definition) is 10. The number of likely N-dealkylation sites (tertiary alicyclic amines) is 1. The molecule has 1 atom stereocenters. The number of benzene rings is 3. The molecule has 0 spiro atoms. The van der Waals surface area contributed by atoms with E-state index in [4.69, 9.17) is 14.4 Å². The number of carbonyl (C=O) groups excluding carboxylic acids is 1. The standard InChI is InChI=1S/C36H31N7O3/c1-20-27(6-4-8-29(20)36-42-32-13-23(19-44)12-25(15-37)34(32)46-36)28-7-5-9-30(21(28)2)41-35-33-31(39-22(3)40-35)14-24(16-38-33)17-43-11-10-26(45)18-43/h4-9,12-14,16,19,26,45H,10-11,17-18H2,1-3H3,(H,39,40,41). The molecule has 1 aliphatic heterocycles. The van der Waals surface area contributed by atoms with Crippen molar-refractivity contribution >= 4 is 39.9 Å². The maximum Gasteiger partial charge on any atom is 0.227 e. The number of hydrogen-bond donors (Lipinski definition) is 2. The van der Waals surface area contributed by atoms with E-state index in [1.165, 1.54) is 6.07 Å². The summed E-state index contributed by atoms with van der Waals surface area (Å²) < 4.78 is 6.09. The minimum Gasteiger partial charge on any atom is -0.435 e. The molecule has 10 nitrogen and oxygen atoms in total. The van der Waals surface area contributed by atoms with Crippen LogP contribution in [0.3, 0.4) is 0 Å². The number of aliphatic hydroxyl groups excluding tert-OH is 1. The predicted molar refractivity (Wildman–Crippen MR) is 176 cm³/mol. The summed E-state index contributed by atoms with van der Waals surface area (Å²) >= 11 is 0. The van der Waals surface area contributed by atoms with Gasteiger partial charge in [-0.25, -0.2) is 15.0 Å². The van der Waals surface area contributed by atoms with Gasteiger partial charge in [-0.15, -0.1) is 0 Å². The first kappa shape index (κ1) is 29.2. The van der Waals surface area contributed by atoms with Crippen molar-refractivity contribution in [3.8, 4) is 28.7 Å². The molecule has 0 radical (unpaired) electrons. The number of rotatable bonds is 7. The van der Waals surface area contributed by atoms with E-state index in [-0.39, 0.29) is 11.7 Å². The van der Waals surface area contributed by atoms with Gasteiger partial charge >= 0.3 is 0 Å². The lowest BCUT2D eigenvalue weighted by Crippen LogP contribution is -2.21. The Labute approximate surface area is 265 Å². The zero-order valence-corrected chi connectivity index (χ0v) is 25.7. The first-order valence-electron chi connectivity index (χ1n) is 15.1. The fourth-order valence-corrected chi connectivity index (χ4v) is 6.23. The van der Waals surface area contributed by atoms with E-state index >= 15 is 0 Å². The number of carbonyl (C=O) groups is 1. The van der Waals surface area contributed by atoms with E-state index < -0.39 is 0 Å². The fourth-order valence-electron chi connectivity index (χ4n) is 6.23. The third-order valence-electron chi connectivity index (χ3n) is 8.57. The number of anilines is 2. The number of oxazole rings is 1. The Kier molecular flexibility index (Phi) is 7.48. The molecule has 1 saturated heterocycles. The molecule has 4 heterocycles. The molecule has 46 heavy (non-hydrogen) atoms. The summed E-state index contributed by atoms with van der Waals surface area (Å²) in [6, 6.07) is 19.3. The highest BCUT2D eigenvalue weighted by Gasteiger charge is 2.21. The molecule has 228 valence electrons. The first-order valence-corrected chi connectivity index (χ1v) is 15.1. The quantitative estimate of drug-likeness (QED) is 0.195. The van der Waals surface area contributed by atoms with Gasteiger partial charge in [0.05, 0.1) is 17.2 Å². The van der Waals surface area contributed by atoms with Crippen LogP contribution in [-0.2, 0) is 6.54 Å². The second kappa shape index (κ2) is 11.8. The Morgan fingerprint density at radius 1 is 1.02 bits per heavy atom. The third-order valence-corrected chi connectivity index (χ3v) is 8.57. The lowest BCUT2D eigenvalue weighted by Gasteiger charge is -2.17. The van der Waals surface area contributed by atoms with Gasteiger partial charge in [0.1, 0.15) is 29.2 Å². The van der Waals surface area contributed by atoms with Crippen LogP contribution in [0.25, 0.3) is 44.7 Å². The van der Waals surface area contributed by atoms with Crippen LogP contribution in [0.2, 0.25) is 0 Å². The molecule has 1 fully saturated rings. The van der Waals surface area contributed by atoms with E-state index in [1.807, 2.05) is 44.3 Å². The van der Waals surface area contributed by atoms with Crippen LogP contribution in [0, 0.1) is 32.1 Å². The van der Waals surface area contributed by atoms with E-state index in [1.54, 1.807) is 6.07 Å². The molecule has 7 rings (SSSR count). The third kappa shape index (κ3) is 5.36. The molecule has 1 aliphatic rings. The molecule has 3 aromatic carbocycles. The lowest BCUT2D eigenvalue weighted by molar-refractivity contribution is 0.112. The van der Waals surface area contributed by atoms with Crippen molar-refractivity contribution in [2.45, 2.75) is 39.8 Å². The molecule has 3 aromatic heterocycles. The van der Waals surface area contributed by atoms with Crippen LogP contribution < -0.4 is 5.32 Å². The van der Waals surface area contributed by atoms with Crippen molar-refractivity contribution in [1.82, 2.24) is 24.8 Å².